The number of pyridine rings is 1. The van der Waals surface area contributed by atoms with E-state index in [1.807, 2.05) is 42.2 Å². The molecule has 0 radical (unpaired) electrons. The fraction of sp³-hybridized carbons (Fsp3) is 0.273. The van der Waals surface area contributed by atoms with Gasteiger partial charge in [-0.05, 0) is 55.5 Å². The van der Waals surface area contributed by atoms with E-state index in [9.17, 15) is 0 Å². The largest absolute Gasteiger partial charge is 0.339 e. The van der Waals surface area contributed by atoms with Gasteiger partial charge in [-0.2, -0.15) is 0 Å². The van der Waals surface area contributed by atoms with Crippen molar-refractivity contribution in [2.75, 3.05) is 6.54 Å². The molecule has 142 valence electrons. The maximum atomic E-state index is 6.13. The van der Waals surface area contributed by atoms with Gasteiger partial charge in [-0.25, -0.2) is 0 Å². The summed E-state index contributed by atoms with van der Waals surface area (Å²) in [5.41, 5.74) is 4.58. The van der Waals surface area contributed by atoms with Crippen LogP contribution in [0.4, 0.5) is 0 Å². The van der Waals surface area contributed by atoms with Crippen molar-refractivity contribution in [2.45, 2.75) is 31.2 Å². The number of rotatable bonds is 3. The first-order valence-corrected chi connectivity index (χ1v) is 10.7. The predicted molar refractivity (Wildman–Crippen MR) is 116 cm³/mol. The van der Waals surface area contributed by atoms with Crippen LogP contribution in [0.5, 0.6) is 0 Å². The number of aliphatic imine (C=N–C) groups is 1. The topological polar surface area (TPSA) is 33.4 Å². The second-order valence-corrected chi connectivity index (χ2v) is 9.19. The Morgan fingerprint density at radius 2 is 1.89 bits per heavy atom. The lowest BCUT2D eigenvalue weighted by Crippen LogP contribution is -2.30. The summed E-state index contributed by atoms with van der Waals surface area (Å²) in [6.07, 6.45) is 1.86. The number of hydrogen-bond donors (Lipinski definition) is 0. The van der Waals surface area contributed by atoms with E-state index in [4.69, 9.17) is 16.6 Å². The zero-order valence-corrected chi connectivity index (χ0v) is 17.4. The molecule has 0 saturated carbocycles. The molecule has 4 nitrogen and oxygen atoms in total. The Bertz CT molecular complexity index is 1030. The second kappa shape index (κ2) is 6.98. The molecule has 3 atom stereocenters. The third-order valence-electron chi connectivity index (χ3n) is 5.38. The lowest BCUT2D eigenvalue weighted by atomic mass is 10.0. The van der Waals surface area contributed by atoms with Crippen molar-refractivity contribution in [1.29, 1.82) is 0 Å². The number of hydrogen-bond acceptors (Lipinski definition) is 4. The minimum Gasteiger partial charge on any atom is -0.339 e. The predicted octanol–water partition coefficient (Wildman–Crippen LogP) is 5.42. The van der Waals surface area contributed by atoms with Gasteiger partial charge in [0.2, 0.25) is 0 Å². The molecule has 28 heavy (non-hydrogen) atoms. The number of amidine groups is 1. The van der Waals surface area contributed by atoms with Crippen LogP contribution in [-0.2, 0) is 0 Å². The highest BCUT2D eigenvalue weighted by Gasteiger charge is 2.44. The van der Waals surface area contributed by atoms with Crippen molar-refractivity contribution in [2.24, 2.45) is 4.99 Å². The van der Waals surface area contributed by atoms with E-state index in [1.165, 1.54) is 11.4 Å². The summed E-state index contributed by atoms with van der Waals surface area (Å²) >= 11 is 7.99. The van der Waals surface area contributed by atoms with Gasteiger partial charge >= 0.3 is 0 Å². The summed E-state index contributed by atoms with van der Waals surface area (Å²) in [4.78, 5) is 12.2. The van der Waals surface area contributed by atoms with E-state index in [0.717, 1.165) is 28.1 Å². The molecule has 6 heteroatoms. The van der Waals surface area contributed by atoms with Crippen LogP contribution in [0.1, 0.15) is 36.1 Å². The maximum absolute atomic E-state index is 6.13. The summed E-state index contributed by atoms with van der Waals surface area (Å²) in [7, 11) is 0. The van der Waals surface area contributed by atoms with Gasteiger partial charge in [0.15, 0.2) is 5.17 Å². The Hall–Kier alpha value is -2.24. The molecule has 1 aromatic carbocycles. The Labute approximate surface area is 174 Å². The number of halogens is 1. The van der Waals surface area contributed by atoms with Crippen LogP contribution >= 0.6 is 23.4 Å². The van der Waals surface area contributed by atoms with Crippen molar-refractivity contribution in [3.63, 3.8) is 0 Å². The lowest BCUT2D eigenvalue weighted by molar-refractivity contribution is 0.312. The average molecular weight is 409 g/mol. The molecule has 0 aliphatic carbocycles. The Morgan fingerprint density at radius 3 is 2.64 bits per heavy atom. The smallest absolute Gasteiger partial charge is 0.160 e. The maximum Gasteiger partial charge on any atom is 0.160 e. The Morgan fingerprint density at radius 1 is 1.07 bits per heavy atom. The number of nitrogens with zero attached hydrogens (tertiary/aromatic N) is 4. The zero-order valence-electron chi connectivity index (χ0n) is 15.8. The highest BCUT2D eigenvalue weighted by Crippen LogP contribution is 2.48. The van der Waals surface area contributed by atoms with Gasteiger partial charge in [-0.15, -0.1) is 0 Å². The van der Waals surface area contributed by atoms with E-state index >= 15 is 0 Å². The molecule has 0 spiro atoms. The van der Waals surface area contributed by atoms with Crippen molar-refractivity contribution in [3.8, 4) is 5.69 Å². The summed E-state index contributed by atoms with van der Waals surface area (Å²) in [5, 5.41) is 2.43. The van der Waals surface area contributed by atoms with Crippen LogP contribution in [-0.4, -0.2) is 31.4 Å². The third-order valence-corrected chi connectivity index (χ3v) is 6.73. The molecule has 1 saturated heterocycles. The summed E-state index contributed by atoms with van der Waals surface area (Å²) in [6, 6.07) is 18.7. The lowest BCUT2D eigenvalue weighted by Gasteiger charge is -2.28. The molecular weight excluding hydrogens is 388 g/mol. The van der Waals surface area contributed by atoms with Crippen LogP contribution in [0, 0.1) is 6.92 Å². The summed E-state index contributed by atoms with van der Waals surface area (Å²) in [5.74, 6) is 0. The van der Waals surface area contributed by atoms with Crippen LogP contribution < -0.4 is 0 Å². The molecule has 1 fully saturated rings. The fourth-order valence-corrected chi connectivity index (χ4v) is 5.39. The van der Waals surface area contributed by atoms with Crippen LogP contribution in [0.2, 0.25) is 5.02 Å². The fourth-order valence-electron chi connectivity index (χ4n) is 4.17. The number of aromatic nitrogens is 2. The molecule has 5 rings (SSSR count). The van der Waals surface area contributed by atoms with E-state index in [0.29, 0.717) is 5.25 Å². The Balaban J connectivity index is 1.64. The first-order valence-electron chi connectivity index (χ1n) is 9.48. The normalized spacial score (nSPS) is 23.8. The number of fused-ring (bicyclic) bond motifs is 1. The van der Waals surface area contributed by atoms with Gasteiger partial charge in [0.1, 0.15) is 6.04 Å². The van der Waals surface area contributed by atoms with Crippen molar-refractivity contribution < 1.29 is 0 Å². The molecule has 2 aromatic heterocycles. The van der Waals surface area contributed by atoms with E-state index < -0.39 is 0 Å². The third kappa shape index (κ3) is 2.93. The monoisotopic (exact) mass is 408 g/mol. The summed E-state index contributed by atoms with van der Waals surface area (Å²) < 4.78 is 2.32. The highest BCUT2D eigenvalue weighted by molar-refractivity contribution is 8.14. The van der Waals surface area contributed by atoms with Crippen molar-refractivity contribution in [1.82, 2.24) is 14.5 Å². The van der Waals surface area contributed by atoms with Crippen LogP contribution in [0.3, 0.4) is 0 Å². The molecule has 0 unspecified atom stereocenters. The summed E-state index contributed by atoms with van der Waals surface area (Å²) in [6.45, 7) is 5.41. The molecule has 4 heterocycles. The van der Waals surface area contributed by atoms with Gasteiger partial charge in [0, 0.05) is 40.1 Å². The Kier molecular flexibility index (Phi) is 4.44. The minimum absolute atomic E-state index is 0.00319. The standard InChI is InChI=1S/C22H21ClN4S/c1-14-6-11-19(27(14)17-9-7-16(23)8-10-17)21-20(18-5-3-4-12-24-18)25-22-26(21)13-15(2)28-22/h3-12,15,20-21H,13H2,1-2H3/t15-,20+,21+/m0/s1. The second-order valence-electron chi connectivity index (χ2n) is 7.35. The molecular formula is C22H21ClN4S. The number of aryl methyl sites for hydroxylation is 1. The number of benzene rings is 1. The van der Waals surface area contributed by atoms with E-state index in [1.54, 1.807) is 0 Å². The van der Waals surface area contributed by atoms with Crippen LogP contribution in [0.25, 0.3) is 5.69 Å². The SMILES string of the molecule is Cc1ccc([C@@H]2[C@@H](c3ccccn3)N=C3S[C@@H](C)CN32)n1-c1ccc(Cl)cc1. The van der Waals surface area contributed by atoms with Gasteiger partial charge in [-0.3, -0.25) is 9.98 Å². The zero-order chi connectivity index (χ0) is 19.3. The van der Waals surface area contributed by atoms with Crippen LogP contribution in [0.15, 0.2) is 65.8 Å². The van der Waals surface area contributed by atoms with Crippen molar-refractivity contribution >= 4 is 28.5 Å². The van der Waals surface area contributed by atoms with Crippen molar-refractivity contribution in [3.05, 3.63) is 82.9 Å². The number of thioether (sulfide) groups is 1. The quantitative estimate of drug-likeness (QED) is 0.579. The highest BCUT2D eigenvalue weighted by atomic mass is 35.5. The molecule has 3 aromatic rings. The molecule has 0 amide bonds. The van der Waals surface area contributed by atoms with Gasteiger partial charge < -0.3 is 9.47 Å². The van der Waals surface area contributed by atoms with Gasteiger partial charge in [0.25, 0.3) is 0 Å². The molecule has 2 aliphatic rings. The molecule has 2 aliphatic heterocycles. The van der Waals surface area contributed by atoms with Gasteiger partial charge in [-0.1, -0.05) is 36.4 Å². The first-order chi connectivity index (χ1) is 13.6. The molecule has 0 N–H and O–H groups in total. The molecule has 0 bridgehead atoms. The van der Waals surface area contributed by atoms with Gasteiger partial charge in [0.05, 0.1) is 11.7 Å². The van der Waals surface area contributed by atoms with E-state index in [2.05, 4.69) is 58.6 Å². The first kappa shape index (κ1) is 17.8. The van der Waals surface area contributed by atoms with E-state index in [-0.39, 0.29) is 12.1 Å². The average Bonchev–Trinajstić information content (AvgIpc) is 3.35. The minimum atomic E-state index is -0.00319.